The Morgan fingerprint density at radius 1 is 0.425 bits per heavy atom. The highest BCUT2D eigenvalue weighted by molar-refractivity contribution is 5.75. The molecule has 48 heteroatoms. The topological polar surface area (TPSA) is 628 Å². The first-order valence-electron chi connectivity index (χ1n) is 36.9. The van der Waals surface area contributed by atoms with Gasteiger partial charge >= 0.3 is 5.97 Å². The van der Waals surface area contributed by atoms with E-state index >= 15 is 0 Å². The fourth-order valence-corrected chi connectivity index (χ4v) is 12.8. The van der Waals surface area contributed by atoms with Gasteiger partial charge in [-0.05, 0) is 19.4 Å². The van der Waals surface area contributed by atoms with Crippen LogP contribution in [0.1, 0.15) is 69.7 Å². The molecule has 0 saturated carbocycles. The van der Waals surface area contributed by atoms with Crippen LogP contribution >= 0.6 is 0 Å². The van der Waals surface area contributed by atoms with Crippen molar-refractivity contribution in [1.29, 1.82) is 0 Å². The molecule has 8 heterocycles. The van der Waals surface area contributed by atoms with Crippen molar-refractivity contribution in [1.82, 2.24) is 90.6 Å². The van der Waals surface area contributed by atoms with Crippen molar-refractivity contribution in [3.8, 4) is 0 Å². The first-order chi connectivity index (χ1) is 54.3. The van der Waals surface area contributed by atoms with Gasteiger partial charge in [-0.25, -0.2) is 18.7 Å². The highest BCUT2D eigenvalue weighted by Gasteiger charge is 2.49. The van der Waals surface area contributed by atoms with Gasteiger partial charge in [-0.2, -0.15) is 0 Å². The number of carboxylic acids is 1. The number of nitrogens with one attached hydrogen (secondary N) is 3. The summed E-state index contributed by atoms with van der Waals surface area (Å²) in [5.41, 5.74) is 1.90. The molecule has 48 nitrogen and oxygen atoms in total. The molecule has 0 spiro atoms. The van der Waals surface area contributed by atoms with Crippen LogP contribution in [0.5, 0.6) is 0 Å². The first-order valence-corrected chi connectivity index (χ1v) is 36.9. The summed E-state index contributed by atoms with van der Waals surface area (Å²) >= 11 is 0. The van der Waals surface area contributed by atoms with Gasteiger partial charge < -0.3 is 139 Å². The van der Waals surface area contributed by atoms with Crippen LogP contribution in [0.25, 0.3) is 0 Å². The van der Waals surface area contributed by atoms with Crippen molar-refractivity contribution in [3.05, 3.63) is 47.6 Å². The van der Waals surface area contributed by atoms with Crippen LogP contribution in [0, 0.1) is 0 Å². The molecule has 4 amide bonds. The summed E-state index contributed by atoms with van der Waals surface area (Å²) < 4.78 is 74.4. The summed E-state index contributed by atoms with van der Waals surface area (Å²) in [6.07, 6.45) is -14.3. The third-order valence-electron chi connectivity index (χ3n) is 18.4. The number of aliphatic hydroxyl groups excluding tert-OH is 12. The van der Waals surface area contributed by atoms with Crippen LogP contribution < -0.4 is 16.0 Å². The van der Waals surface area contributed by atoms with Crippen molar-refractivity contribution in [3.63, 3.8) is 0 Å². The standard InChI is InChI=1S/C65H108N18O30/c1-37(88)66-50-56(95)53(92)46(33-84)110-62(50)106-21-17-102-13-9-79-29-41(69-73-79)25-77(26-42-30-80(74-70-42)10-14-103-18-22-107-63-51(67-38(2)89)57(96)54(93)47(34-85)111-63)8-6-5-7-45(61(100)101)78(28-44-32-82(76-72-44)12-16-105-20-24-109-65-60(99)83(40(4)91)59(98)49(36-87)113-65)27-43-31-81(75-71-43)11-15-104-19-23-108-64-52(68-39(3)90)58(97)55(94)48(35-86)112-64/h29-32,45-60,62-65,84-87,92-99H,5-28,33-36H2,1-4H3,(H,66,88)(H,67,89)(H,68,90)(H,100,101)/t45-,46?,47?,48?,49?,50?,51?,52?,53?,54?,55?,56?,57?,58?,59?,60?,62?,63?,64?,65?/m0/s1. The second-order valence-corrected chi connectivity index (χ2v) is 27.1. The van der Waals surface area contributed by atoms with E-state index in [0.717, 1.165) is 11.8 Å². The molecule has 4 aromatic heterocycles. The number of carboxylic acid groups (broad SMARTS) is 1. The van der Waals surface area contributed by atoms with Crippen LogP contribution in [0.15, 0.2) is 24.8 Å². The lowest BCUT2D eigenvalue weighted by atomic mass is 9.97. The molecule has 113 heavy (non-hydrogen) atoms. The fourth-order valence-electron chi connectivity index (χ4n) is 12.8. The highest BCUT2D eigenvalue weighted by atomic mass is 16.7. The Kier molecular flexibility index (Phi) is 37.7. The molecule has 20 atom stereocenters. The number of carbonyl (C=O) groups is 5. The van der Waals surface area contributed by atoms with E-state index in [9.17, 15) is 90.4 Å². The van der Waals surface area contributed by atoms with Crippen LogP contribution in [0.2, 0.25) is 0 Å². The first kappa shape index (κ1) is 91.4. The lowest BCUT2D eigenvalue weighted by molar-refractivity contribution is -0.325. The minimum absolute atomic E-state index is 0.0105. The van der Waals surface area contributed by atoms with E-state index in [2.05, 4.69) is 57.2 Å². The second kappa shape index (κ2) is 46.6. The number of aromatic nitrogens is 12. The van der Waals surface area contributed by atoms with E-state index in [1.807, 2.05) is 4.90 Å². The number of unbranched alkanes of at least 4 members (excludes halogenated alkanes) is 1. The summed E-state index contributed by atoms with van der Waals surface area (Å²) in [5.74, 6) is -3.34. The van der Waals surface area contributed by atoms with E-state index < -0.39 is 179 Å². The lowest BCUT2D eigenvalue weighted by Crippen LogP contribution is -2.64. The van der Waals surface area contributed by atoms with Gasteiger partial charge in [0.25, 0.3) is 0 Å². The number of aliphatic hydroxyl groups is 12. The Hall–Kier alpha value is -7.13. The molecule has 0 aliphatic carbocycles. The van der Waals surface area contributed by atoms with Crippen molar-refractivity contribution in [2.45, 2.75) is 222 Å². The smallest absolute Gasteiger partial charge is 0.320 e. The number of amides is 4. The monoisotopic (exact) mass is 1620 g/mol. The Bertz CT molecular complexity index is 3370. The van der Waals surface area contributed by atoms with Gasteiger partial charge in [-0.1, -0.05) is 27.3 Å². The van der Waals surface area contributed by atoms with Gasteiger partial charge in [0.15, 0.2) is 31.3 Å². The molecule has 4 saturated heterocycles. The predicted molar refractivity (Wildman–Crippen MR) is 372 cm³/mol. The number of rotatable bonds is 50. The molecule has 0 aromatic carbocycles. The van der Waals surface area contributed by atoms with Gasteiger partial charge in [0.1, 0.15) is 85.2 Å². The third-order valence-corrected chi connectivity index (χ3v) is 18.4. The summed E-state index contributed by atoms with van der Waals surface area (Å²) in [7, 11) is 0. The molecule has 4 aliphatic heterocycles. The van der Waals surface area contributed by atoms with Crippen molar-refractivity contribution < 1.29 is 147 Å². The average Bonchev–Trinajstić information content (AvgIpc) is 1.64. The van der Waals surface area contributed by atoms with E-state index in [1.165, 1.54) is 30.1 Å². The quantitative estimate of drug-likeness (QED) is 0.0183. The Morgan fingerprint density at radius 2 is 0.743 bits per heavy atom. The number of hydrogen-bond donors (Lipinski definition) is 16. The molecule has 4 aromatic rings. The van der Waals surface area contributed by atoms with E-state index in [4.69, 9.17) is 56.8 Å². The van der Waals surface area contributed by atoms with Crippen LogP contribution in [0.3, 0.4) is 0 Å². The van der Waals surface area contributed by atoms with E-state index in [1.54, 1.807) is 39.1 Å². The number of nitrogens with zero attached hydrogens (tertiary/aromatic N) is 15. The largest absolute Gasteiger partial charge is 0.480 e. The summed E-state index contributed by atoms with van der Waals surface area (Å²) in [6, 6.07) is -4.53. The maximum absolute atomic E-state index is 13.5. The van der Waals surface area contributed by atoms with Gasteiger partial charge in [0.05, 0.1) is 155 Å². The minimum atomic E-state index is -1.67. The molecular formula is C65H108N18O30. The van der Waals surface area contributed by atoms with Gasteiger partial charge in [-0.3, -0.25) is 38.7 Å². The zero-order chi connectivity index (χ0) is 81.7. The van der Waals surface area contributed by atoms with Gasteiger partial charge in [0.2, 0.25) is 29.9 Å². The molecule has 16 N–H and O–H groups in total. The minimum Gasteiger partial charge on any atom is -0.480 e. The van der Waals surface area contributed by atoms with Gasteiger partial charge in [0, 0.05) is 78.7 Å². The Morgan fingerprint density at radius 3 is 1.05 bits per heavy atom. The molecule has 0 bridgehead atoms. The molecule has 0 radical (unpaired) electrons. The number of carbonyl (C=O) groups excluding carboxylic acids is 4. The van der Waals surface area contributed by atoms with Crippen molar-refractivity contribution >= 4 is 29.6 Å². The molecule has 19 unspecified atom stereocenters. The molecule has 8 rings (SSSR count). The normalized spacial score (nSPS) is 27.8. The highest BCUT2D eigenvalue weighted by Crippen LogP contribution is 2.27. The summed E-state index contributed by atoms with van der Waals surface area (Å²) in [5, 5.41) is 176. The molecule has 4 aliphatic rings. The SMILES string of the molecule is CC(=O)NC1C(OCCOCCn2cc(CN(CCCC[C@@H](C(=O)O)N(Cc3cn(CCOCCOC4OC(CO)C(O)C(O)C4NC(C)=O)nn3)Cc3cn(CCOCCOC4OC(CO)C(O)N(C(C)=O)C4O)nn3)Cc3cn(CCOCCOC4OC(CO)C(O)C(O)C4NC(C)=O)nn3)nn2)OC(CO)C(O)C1O. The maximum atomic E-state index is 13.5. The number of ether oxygens (including phenoxy) is 12. The maximum Gasteiger partial charge on any atom is 0.320 e. The molecular weight excluding hydrogens is 1510 g/mol. The molecule has 638 valence electrons. The second-order valence-electron chi connectivity index (χ2n) is 27.1. The summed E-state index contributed by atoms with van der Waals surface area (Å²) in [4.78, 5) is 65.8. The van der Waals surface area contributed by atoms with Crippen LogP contribution in [-0.2, 0) is 133 Å². The Labute approximate surface area is 647 Å². The zero-order valence-corrected chi connectivity index (χ0v) is 63.1. The van der Waals surface area contributed by atoms with E-state index in [-0.39, 0.29) is 138 Å². The molecule has 4 fully saturated rings. The number of morpholine rings is 1. The lowest BCUT2D eigenvalue weighted by Gasteiger charge is -2.44. The van der Waals surface area contributed by atoms with Crippen molar-refractivity contribution in [2.75, 3.05) is 112 Å². The van der Waals surface area contributed by atoms with Crippen LogP contribution in [-0.4, -0.2) is 406 Å². The third kappa shape index (κ3) is 27.8. The Balaban J connectivity index is 0.892. The number of aliphatic carboxylic acids is 1. The van der Waals surface area contributed by atoms with Crippen molar-refractivity contribution in [2.24, 2.45) is 0 Å². The number of hydrogen-bond acceptors (Lipinski definition) is 39. The zero-order valence-electron chi connectivity index (χ0n) is 63.1. The fraction of sp³-hybridized carbons (Fsp3) is 0.800. The predicted octanol–water partition coefficient (Wildman–Crippen LogP) is -10.5. The average molecular weight is 1620 g/mol. The van der Waals surface area contributed by atoms with Crippen LogP contribution in [0.4, 0.5) is 0 Å². The van der Waals surface area contributed by atoms with E-state index in [0.29, 0.717) is 42.2 Å². The van der Waals surface area contributed by atoms with Gasteiger partial charge in [-0.15, -0.1) is 20.4 Å². The summed E-state index contributed by atoms with van der Waals surface area (Å²) in [6.45, 7) is 4.31.